The lowest BCUT2D eigenvalue weighted by molar-refractivity contribution is 0.568. The van der Waals surface area contributed by atoms with E-state index in [-0.39, 0.29) is 6.04 Å². The molecule has 5 heteroatoms. The maximum atomic E-state index is 4.67. The van der Waals surface area contributed by atoms with Crippen LogP contribution in [0.25, 0.3) is 10.9 Å². The summed E-state index contributed by atoms with van der Waals surface area (Å²) in [5.74, 6) is 0. The molecule has 2 heterocycles. The van der Waals surface area contributed by atoms with Crippen LogP contribution >= 0.6 is 0 Å². The van der Waals surface area contributed by atoms with Gasteiger partial charge >= 0.3 is 0 Å². The average molecular weight is 253 g/mol. The molecule has 0 radical (unpaired) electrons. The lowest BCUT2D eigenvalue weighted by Crippen LogP contribution is -2.19. The van der Waals surface area contributed by atoms with Gasteiger partial charge < -0.3 is 5.32 Å². The van der Waals surface area contributed by atoms with Crippen LogP contribution in [0.15, 0.2) is 42.6 Å². The highest BCUT2D eigenvalue weighted by atomic mass is 15.3. The topological polar surface area (TPSA) is 66.5 Å². The summed E-state index contributed by atoms with van der Waals surface area (Å²) < 4.78 is 0. The molecule has 0 saturated heterocycles. The van der Waals surface area contributed by atoms with E-state index in [1.54, 1.807) is 6.20 Å². The van der Waals surface area contributed by atoms with Crippen molar-refractivity contribution >= 4 is 10.9 Å². The van der Waals surface area contributed by atoms with E-state index in [0.717, 1.165) is 28.7 Å². The number of aromatic nitrogens is 4. The van der Waals surface area contributed by atoms with E-state index in [1.165, 1.54) is 0 Å². The smallest absolute Gasteiger partial charge is 0.0997 e. The van der Waals surface area contributed by atoms with Crippen molar-refractivity contribution in [3.05, 3.63) is 54.0 Å². The zero-order valence-corrected chi connectivity index (χ0v) is 10.7. The predicted octanol–water partition coefficient (Wildman–Crippen LogP) is 1.86. The maximum absolute atomic E-state index is 4.67. The fraction of sp³-hybridized carbons (Fsp3) is 0.214. The molecule has 3 rings (SSSR count). The third-order valence-electron chi connectivity index (χ3n) is 3.21. The number of nitrogens with zero attached hydrogens (tertiary/aromatic N) is 3. The molecule has 0 aliphatic heterocycles. The van der Waals surface area contributed by atoms with Crippen LogP contribution in [-0.2, 0) is 6.42 Å². The SMILES string of the molecule is CNC(Cc1ccc2ccccc2n1)c1cn[nH]n1. The van der Waals surface area contributed by atoms with Gasteiger partial charge in [-0.1, -0.05) is 24.3 Å². The molecule has 0 aliphatic rings. The molecule has 2 aromatic heterocycles. The van der Waals surface area contributed by atoms with Crippen LogP contribution in [0.5, 0.6) is 0 Å². The number of fused-ring (bicyclic) bond motifs is 1. The maximum Gasteiger partial charge on any atom is 0.0997 e. The Morgan fingerprint density at radius 3 is 2.89 bits per heavy atom. The Morgan fingerprint density at radius 2 is 2.11 bits per heavy atom. The van der Waals surface area contributed by atoms with Gasteiger partial charge in [0.1, 0.15) is 0 Å². The molecule has 0 aliphatic carbocycles. The second-order valence-corrected chi connectivity index (χ2v) is 4.44. The number of aromatic amines is 1. The minimum absolute atomic E-state index is 0.118. The Balaban J connectivity index is 1.88. The van der Waals surface area contributed by atoms with Gasteiger partial charge in [-0.05, 0) is 19.2 Å². The van der Waals surface area contributed by atoms with Crippen LogP contribution < -0.4 is 5.32 Å². The monoisotopic (exact) mass is 253 g/mol. The van der Waals surface area contributed by atoms with Gasteiger partial charge in [-0.15, -0.1) is 0 Å². The summed E-state index contributed by atoms with van der Waals surface area (Å²) in [4.78, 5) is 4.67. The first-order chi connectivity index (χ1) is 9.36. The van der Waals surface area contributed by atoms with Crippen LogP contribution in [0.2, 0.25) is 0 Å². The van der Waals surface area contributed by atoms with Crippen molar-refractivity contribution in [2.24, 2.45) is 0 Å². The molecule has 19 heavy (non-hydrogen) atoms. The first-order valence-electron chi connectivity index (χ1n) is 6.24. The highest BCUT2D eigenvalue weighted by molar-refractivity contribution is 5.78. The lowest BCUT2D eigenvalue weighted by Gasteiger charge is -2.12. The molecule has 0 amide bonds. The Bertz CT molecular complexity index is 662. The predicted molar refractivity (Wildman–Crippen MR) is 73.6 cm³/mol. The summed E-state index contributed by atoms with van der Waals surface area (Å²) in [6.07, 6.45) is 2.52. The average Bonchev–Trinajstić information content (AvgIpc) is 2.98. The van der Waals surface area contributed by atoms with Gasteiger partial charge in [-0.25, -0.2) is 0 Å². The van der Waals surface area contributed by atoms with Gasteiger partial charge in [0, 0.05) is 17.5 Å². The van der Waals surface area contributed by atoms with Crippen molar-refractivity contribution in [3.8, 4) is 0 Å². The van der Waals surface area contributed by atoms with Crippen molar-refractivity contribution in [3.63, 3.8) is 0 Å². The molecule has 1 unspecified atom stereocenters. The molecule has 0 spiro atoms. The van der Waals surface area contributed by atoms with Crippen molar-refractivity contribution in [1.29, 1.82) is 0 Å². The van der Waals surface area contributed by atoms with Crippen molar-refractivity contribution in [2.45, 2.75) is 12.5 Å². The van der Waals surface area contributed by atoms with Crippen LogP contribution in [0.4, 0.5) is 0 Å². The van der Waals surface area contributed by atoms with Crippen molar-refractivity contribution < 1.29 is 0 Å². The van der Waals surface area contributed by atoms with Gasteiger partial charge in [0.05, 0.1) is 23.4 Å². The standard InChI is InChI=1S/C14H15N5/c1-15-13(14-9-16-19-18-14)8-11-7-6-10-4-2-3-5-12(10)17-11/h2-7,9,13,15H,8H2,1H3,(H,16,18,19). The number of nitrogens with one attached hydrogen (secondary N) is 2. The minimum atomic E-state index is 0.118. The highest BCUT2D eigenvalue weighted by Crippen LogP contribution is 2.17. The second-order valence-electron chi connectivity index (χ2n) is 4.44. The largest absolute Gasteiger partial charge is 0.311 e. The number of benzene rings is 1. The quantitative estimate of drug-likeness (QED) is 0.744. The van der Waals surface area contributed by atoms with Crippen molar-refractivity contribution in [1.82, 2.24) is 25.7 Å². The summed E-state index contributed by atoms with van der Waals surface area (Å²) >= 11 is 0. The van der Waals surface area contributed by atoms with E-state index in [1.807, 2.05) is 25.2 Å². The van der Waals surface area contributed by atoms with Crippen LogP contribution in [0, 0.1) is 0 Å². The van der Waals surface area contributed by atoms with Gasteiger partial charge in [0.2, 0.25) is 0 Å². The third-order valence-corrected chi connectivity index (χ3v) is 3.21. The normalized spacial score (nSPS) is 12.7. The first-order valence-corrected chi connectivity index (χ1v) is 6.24. The van der Waals surface area contributed by atoms with Gasteiger partial charge in [0.25, 0.3) is 0 Å². The Morgan fingerprint density at radius 1 is 1.21 bits per heavy atom. The van der Waals surface area contributed by atoms with Gasteiger partial charge in [-0.2, -0.15) is 15.4 Å². The zero-order valence-electron chi connectivity index (χ0n) is 10.7. The number of rotatable bonds is 4. The summed E-state index contributed by atoms with van der Waals surface area (Å²) in [5.41, 5.74) is 2.97. The summed E-state index contributed by atoms with van der Waals surface area (Å²) in [6.45, 7) is 0. The molecule has 5 nitrogen and oxygen atoms in total. The molecular formula is C14H15N5. The molecular weight excluding hydrogens is 238 g/mol. The Hall–Kier alpha value is -2.27. The number of likely N-dealkylation sites (N-methyl/N-ethyl adjacent to an activating group) is 1. The van der Waals surface area contributed by atoms with E-state index in [2.05, 4.69) is 43.9 Å². The molecule has 2 N–H and O–H groups in total. The lowest BCUT2D eigenvalue weighted by atomic mass is 10.1. The number of para-hydroxylation sites is 1. The van der Waals surface area contributed by atoms with Crippen LogP contribution in [0.1, 0.15) is 17.4 Å². The summed E-state index contributed by atoms with van der Waals surface area (Å²) in [6, 6.07) is 12.4. The van der Waals surface area contributed by atoms with Crippen LogP contribution in [0.3, 0.4) is 0 Å². The summed E-state index contributed by atoms with van der Waals surface area (Å²) in [7, 11) is 1.92. The number of hydrogen-bond acceptors (Lipinski definition) is 4. The minimum Gasteiger partial charge on any atom is -0.311 e. The number of pyridine rings is 1. The van der Waals surface area contributed by atoms with Crippen LogP contribution in [-0.4, -0.2) is 27.4 Å². The molecule has 96 valence electrons. The highest BCUT2D eigenvalue weighted by Gasteiger charge is 2.13. The molecule has 1 atom stereocenters. The molecule has 0 fully saturated rings. The van der Waals surface area contributed by atoms with Gasteiger partial charge in [0.15, 0.2) is 0 Å². The van der Waals surface area contributed by atoms with E-state index in [0.29, 0.717) is 0 Å². The van der Waals surface area contributed by atoms with E-state index in [9.17, 15) is 0 Å². The van der Waals surface area contributed by atoms with E-state index < -0.39 is 0 Å². The Labute approximate surface area is 111 Å². The molecule has 1 aromatic carbocycles. The number of H-pyrrole nitrogens is 1. The number of hydrogen-bond donors (Lipinski definition) is 2. The molecule has 0 bridgehead atoms. The molecule has 3 aromatic rings. The summed E-state index contributed by atoms with van der Waals surface area (Å²) in [5, 5.41) is 15.0. The fourth-order valence-electron chi connectivity index (χ4n) is 2.16. The zero-order chi connectivity index (χ0) is 13.1. The van der Waals surface area contributed by atoms with E-state index in [4.69, 9.17) is 0 Å². The van der Waals surface area contributed by atoms with Gasteiger partial charge in [-0.3, -0.25) is 4.98 Å². The van der Waals surface area contributed by atoms with E-state index >= 15 is 0 Å². The third kappa shape index (κ3) is 2.46. The fourth-order valence-corrected chi connectivity index (χ4v) is 2.16. The Kier molecular flexibility index (Phi) is 3.20. The first kappa shape index (κ1) is 11.8. The second kappa shape index (κ2) is 5.16. The molecule has 0 saturated carbocycles. The van der Waals surface area contributed by atoms with Crippen molar-refractivity contribution in [2.75, 3.05) is 7.05 Å².